The molecule has 68 valence electrons. The van der Waals surface area contributed by atoms with Gasteiger partial charge in [-0.3, -0.25) is 9.13 Å². The average Bonchev–Trinajstić information content (AvgIpc) is 1.85. The Kier molecular flexibility index (Phi) is 12.1. The molecular formula is C3H10O6P2. The fourth-order valence-electron chi connectivity index (χ4n) is 0.0747. The zero-order valence-electron chi connectivity index (χ0n) is 5.72. The highest BCUT2D eigenvalue weighted by Crippen LogP contribution is 2.30. The molecule has 0 spiro atoms. The van der Waals surface area contributed by atoms with Crippen LogP contribution in [0, 0.1) is 0 Å². The predicted octanol–water partition coefficient (Wildman–Crippen LogP) is 0.845. The molecule has 2 unspecified atom stereocenters. The van der Waals surface area contributed by atoms with E-state index in [2.05, 4.69) is 4.31 Å². The monoisotopic (exact) mass is 204 g/mol. The number of allylic oxidation sites excluding steroid dienone is 1. The molecule has 0 saturated carbocycles. The SMILES string of the molecule is CC=CO.O=[PH](O)O[PH](=O)O. The van der Waals surface area contributed by atoms with E-state index in [1.165, 1.54) is 0 Å². The van der Waals surface area contributed by atoms with E-state index in [0.717, 1.165) is 6.26 Å². The van der Waals surface area contributed by atoms with Crippen molar-refractivity contribution in [1.29, 1.82) is 0 Å². The molecule has 0 bridgehead atoms. The van der Waals surface area contributed by atoms with Crippen LogP contribution in [-0.4, -0.2) is 14.9 Å². The van der Waals surface area contributed by atoms with Gasteiger partial charge in [0.05, 0.1) is 6.26 Å². The fourth-order valence-corrected chi connectivity index (χ4v) is 0.672. The van der Waals surface area contributed by atoms with Crippen molar-refractivity contribution in [3.63, 3.8) is 0 Å². The largest absolute Gasteiger partial charge is 0.516 e. The Morgan fingerprint density at radius 3 is 1.55 bits per heavy atom. The molecule has 2 atom stereocenters. The van der Waals surface area contributed by atoms with E-state index >= 15 is 0 Å². The lowest BCUT2D eigenvalue weighted by atomic mass is 10.8. The molecule has 0 aromatic rings. The van der Waals surface area contributed by atoms with Crippen molar-refractivity contribution in [2.75, 3.05) is 0 Å². The van der Waals surface area contributed by atoms with Crippen molar-refractivity contribution in [2.24, 2.45) is 0 Å². The molecule has 6 nitrogen and oxygen atoms in total. The number of aliphatic hydroxyl groups is 1. The van der Waals surface area contributed by atoms with Crippen LogP contribution in [0.25, 0.3) is 0 Å². The van der Waals surface area contributed by atoms with Gasteiger partial charge in [0.2, 0.25) is 0 Å². The Hall–Kier alpha value is -0.120. The Bertz CT molecular complexity index is 138. The first-order valence-corrected chi connectivity index (χ1v) is 4.96. The second-order valence-corrected chi connectivity index (χ2v) is 3.00. The van der Waals surface area contributed by atoms with Crippen LogP contribution < -0.4 is 0 Å². The maximum Gasteiger partial charge on any atom is 0.323 e. The highest BCUT2D eigenvalue weighted by molar-refractivity contribution is 7.46. The third kappa shape index (κ3) is 25.8. The lowest BCUT2D eigenvalue weighted by Gasteiger charge is -1.86. The molecule has 0 aliphatic heterocycles. The maximum absolute atomic E-state index is 9.44. The molecule has 0 aliphatic rings. The second-order valence-electron chi connectivity index (χ2n) is 1.12. The van der Waals surface area contributed by atoms with Gasteiger partial charge in [0.15, 0.2) is 0 Å². The van der Waals surface area contributed by atoms with Crippen LogP contribution in [0.1, 0.15) is 6.92 Å². The summed E-state index contributed by atoms with van der Waals surface area (Å²) < 4.78 is 22.3. The molecule has 0 aromatic heterocycles. The normalized spacial score (nSPS) is 15.2. The van der Waals surface area contributed by atoms with Crippen molar-refractivity contribution >= 4 is 16.5 Å². The lowest BCUT2D eigenvalue weighted by molar-refractivity contribution is 0.371. The first kappa shape index (κ1) is 13.5. The minimum atomic E-state index is -3.20. The quantitative estimate of drug-likeness (QED) is 0.454. The van der Waals surface area contributed by atoms with Gasteiger partial charge in [-0.15, -0.1) is 0 Å². The van der Waals surface area contributed by atoms with Crippen molar-refractivity contribution in [1.82, 2.24) is 0 Å². The zero-order chi connectivity index (χ0) is 9.28. The summed E-state index contributed by atoms with van der Waals surface area (Å²) in [6.45, 7) is 1.75. The summed E-state index contributed by atoms with van der Waals surface area (Å²) in [6.07, 6.45) is 2.56. The van der Waals surface area contributed by atoms with Gasteiger partial charge in [-0.2, -0.15) is 0 Å². The Balaban J connectivity index is 0. The van der Waals surface area contributed by atoms with Gasteiger partial charge in [-0.25, -0.2) is 4.31 Å². The number of rotatable bonds is 2. The van der Waals surface area contributed by atoms with Gasteiger partial charge >= 0.3 is 16.5 Å². The predicted molar refractivity (Wildman–Crippen MR) is 41.0 cm³/mol. The van der Waals surface area contributed by atoms with Crippen LogP contribution in [0.5, 0.6) is 0 Å². The van der Waals surface area contributed by atoms with Crippen LogP contribution in [0.4, 0.5) is 0 Å². The minimum Gasteiger partial charge on any atom is -0.516 e. The third-order valence-electron chi connectivity index (χ3n) is 0.324. The molecule has 0 fully saturated rings. The number of aliphatic hydroxyl groups excluding tert-OH is 1. The highest BCUT2D eigenvalue weighted by Gasteiger charge is 1.93. The van der Waals surface area contributed by atoms with Crippen LogP contribution in [-0.2, 0) is 13.4 Å². The first-order chi connectivity index (χ1) is 5.04. The van der Waals surface area contributed by atoms with E-state index in [-0.39, 0.29) is 0 Å². The van der Waals surface area contributed by atoms with E-state index in [4.69, 9.17) is 14.9 Å². The van der Waals surface area contributed by atoms with Crippen molar-refractivity contribution in [3.05, 3.63) is 12.3 Å². The van der Waals surface area contributed by atoms with Gasteiger partial charge in [-0.05, 0) is 6.92 Å². The molecule has 3 N–H and O–H groups in total. The van der Waals surface area contributed by atoms with E-state index < -0.39 is 16.5 Å². The summed E-state index contributed by atoms with van der Waals surface area (Å²) in [5.41, 5.74) is 0. The first-order valence-electron chi connectivity index (χ1n) is 2.43. The number of hydrogen-bond donors (Lipinski definition) is 3. The Morgan fingerprint density at radius 1 is 1.27 bits per heavy atom. The van der Waals surface area contributed by atoms with Crippen molar-refractivity contribution in [2.45, 2.75) is 6.92 Å². The molecule has 0 radical (unpaired) electrons. The summed E-state index contributed by atoms with van der Waals surface area (Å²) in [5, 5.41) is 7.69. The molecule has 8 heteroatoms. The standard InChI is InChI=1S/C3H6O.H4O5P2/c1-2-3-4;1-6(2)5-7(3)4/h2-4H,1H3;6-7H,(H,1,2)(H,3,4). The molecule has 0 aromatic carbocycles. The summed E-state index contributed by atoms with van der Waals surface area (Å²) >= 11 is 0. The second kappa shape index (κ2) is 9.88. The zero-order valence-corrected chi connectivity index (χ0v) is 7.72. The summed E-state index contributed by atoms with van der Waals surface area (Å²) in [7, 11) is -6.40. The summed E-state index contributed by atoms with van der Waals surface area (Å²) in [5.74, 6) is 0. The van der Waals surface area contributed by atoms with Gasteiger partial charge < -0.3 is 14.9 Å². The minimum absolute atomic E-state index is 1.00. The van der Waals surface area contributed by atoms with Crippen molar-refractivity contribution in [3.8, 4) is 0 Å². The molecule has 0 aliphatic carbocycles. The van der Waals surface area contributed by atoms with E-state index in [9.17, 15) is 9.13 Å². The Labute approximate surface area is 65.0 Å². The smallest absolute Gasteiger partial charge is 0.323 e. The summed E-state index contributed by atoms with van der Waals surface area (Å²) in [4.78, 5) is 15.4. The topological polar surface area (TPSA) is 104 Å². The van der Waals surface area contributed by atoms with E-state index in [1.54, 1.807) is 13.0 Å². The fraction of sp³-hybridized carbons (Fsp3) is 0.333. The maximum atomic E-state index is 9.44. The van der Waals surface area contributed by atoms with Gasteiger partial charge in [0.1, 0.15) is 0 Å². The van der Waals surface area contributed by atoms with Gasteiger partial charge in [0.25, 0.3) is 0 Å². The average molecular weight is 204 g/mol. The molecule has 0 rings (SSSR count). The molecule has 0 amide bonds. The molecule has 0 saturated heterocycles. The lowest BCUT2D eigenvalue weighted by Crippen LogP contribution is -1.58. The molecule has 0 heterocycles. The highest BCUT2D eigenvalue weighted by atomic mass is 31.2. The number of hydrogen-bond acceptors (Lipinski definition) is 4. The summed E-state index contributed by atoms with van der Waals surface area (Å²) in [6, 6.07) is 0. The van der Waals surface area contributed by atoms with Crippen LogP contribution in [0.3, 0.4) is 0 Å². The molecule has 11 heavy (non-hydrogen) atoms. The van der Waals surface area contributed by atoms with E-state index in [1.807, 2.05) is 0 Å². The van der Waals surface area contributed by atoms with Crippen LogP contribution in [0.15, 0.2) is 12.3 Å². The van der Waals surface area contributed by atoms with Gasteiger partial charge in [0, 0.05) is 0 Å². The Morgan fingerprint density at radius 2 is 1.55 bits per heavy atom. The van der Waals surface area contributed by atoms with Crippen LogP contribution in [0.2, 0.25) is 0 Å². The third-order valence-corrected chi connectivity index (χ3v) is 1.72. The van der Waals surface area contributed by atoms with Crippen LogP contribution >= 0.6 is 16.5 Å². The van der Waals surface area contributed by atoms with Crippen molar-refractivity contribution < 1.29 is 28.3 Å². The molecular weight excluding hydrogens is 194 g/mol. The van der Waals surface area contributed by atoms with E-state index in [0.29, 0.717) is 0 Å². The van der Waals surface area contributed by atoms with Gasteiger partial charge in [-0.1, -0.05) is 6.08 Å².